The van der Waals surface area contributed by atoms with Crippen LogP contribution in [-0.4, -0.2) is 82.3 Å². The third-order valence-corrected chi connectivity index (χ3v) is 6.27. The summed E-state index contributed by atoms with van der Waals surface area (Å²) in [5.41, 5.74) is -1.72. The Balaban J connectivity index is 1.85. The second-order valence-electron chi connectivity index (χ2n) is 9.00. The molecule has 4 aliphatic heterocycles. The molecule has 2 unspecified atom stereocenters. The molecule has 2 saturated heterocycles. The number of carbonyl (C=O) groups is 3. The van der Waals surface area contributed by atoms with Crippen LogP contribution in [0.15, 0.2) is 24.3 Å². The van der Waals surface area contributed by atoms with Gasteiger partial charge in [-0.25, -0.2) is 0 Å². The minimum Gasteiger partial charge on any atom is -0.465 e. The molecular formula is C21H28N2O6. The molecule has 1 spiro atoms. The molecule has 5 atom stereocenters. The first-order chi connectivity index (χ1) is 13.7. The van der Waals surface area contributed by atoms with Crippen molar-refractivity contribution in [1.29, 1.82) is 0 Å². The predicted molar refractivity (Wildman–Crippen MR) is 102 cm³/mol. The van der Waals surface area contributed by atoms with Gasteiger partial charge in [-0.3, -0.25) is 14.4 Å². The SMILES string of the molecule is CC(C)(C)N1CC=CC23O[C@@H]4C=CCCOC(=O)C4[C@H]2C(=O)N(CCO)[C@@H]3C1=O. The van der Waals surface area contributed by atoms with Crippen LogP contribution < -0.4 is 0 Å². The molecule has 4 heterocycles. The predicted octanol–water partition coefficient (Wildman–Crippen LogP) is 0.260. The van der Waals surface area contributed by atoms with E-state index in [1.165, 1.54) is 4.90 Å². The summed E-state index contributed by atoms with van der Waals surface area (Å²) in [5.74, 6) is -2.74. The van der Waals surface area contributed by atoms with Crippen molar-refractivity contribution in [1.82, 2.24) is 9.80 Å². The molecular weight excluding hydrogens is 376 g/mol. The Bertz CT molecular complexity index is 785. The fourth-order valence-corrected chi connectivity index (χ4v) is 5.06. The van der Waals surface area contributed by atoms with Crippen LogP contribution in [0.4, 0.5) is 0 Å². The first kappa shape index (κ1) is 20.1. The summed E-state index contributed by atoms with van der Waals surface area (Å²) in [4.78, 5) is 43.0. The van der Waals surface area contributed by atoms with Crippen molar-refractivity contribution in [3.05, 3.63) is 24.3 Å². The Kier molecular flexibility index (Phi) is 4.82. The Morgan fingerprint density at radius 1 is 1.21 bits per heavy atom. The van der Waals surface area contributed by atoms with E-state index in [9.17, 15) is 19.5 Å². The number of ether oxygens (including phenoxy) is 2. The van der Waals surface area contributed by atoms with Gasteiger partial charge in [0.1, 0.15) is 17.6 Å². The number of nitrogens with zero attached hydrogens (tertiary/aromatic N) is 2. The summed E-state index contributed by atoms with van der Waals surface area (Å²) in [6.07, 6.45) is 7.28. The van der Waals surface area contributed by atoms with Crippen molar-refractivity contribution in [2.24, 2.45) is 11.8 Å². The van der Waals surface area contributed by atoms with Gasteiger partial charge in [0, 0.05) is 18.6 Å². The van der Waals surface area contributed by atoms with Crippen LogP contribution in [0.2, 0.25) is 0 Å². The molecule has 0 aromatic rings. The minimum absolute atomic E-state index is 0.00491. The van der Waals surface area contributed by atoms with Crippen LogP contribution in [0, 0.1) is 11.8 Å². The maximum absolute atomic E-state index is 13.7. The Morgan fingerprint density at radius 2 is 1.97 bits per heavy atom. The number of carbonyl (C=O) groups excluding carboxylic acids is 3. The van der Waals surface area contributed by atoms with Gasteiger partial charge in [-0.2, -0.15) is 0 Å². The minimum atomic E-state index is -1.26. The first-order valence-electron chi connectivity index (χ1n) is 10.1. The van der Waals surface area contributed by atoms with Crippen molar-refractivity contribution in [2.45, 2.75) is 50.5 Å². The molecule has 158 valence electrons. The second-order valence-corrected chi connectivity index (χ2v) is 9.00. The standard InChI is InChI=1S/C21H28N2O6/c1-20(2,3)23-9-6-8-21-15(17(25)22(10-11-24)16(21)18(23)26)14-13(29-21)7-4-5-12-28-19(14)27/h4,6-8,13-16,24H,5,9-12H2,1-3H3/t13-,14?,15+,16-,21?/m1/s1. The molecule has 4 rings (SSSR count). The lowest BCUT2D eigenvalue weighted by molar-refractivity contribution is -0.155. The number of hydrogen-bond acceptors (Lipinski definition) is 6. The zero-order chi connectivity index (χ0) is 21.0. The fraction of sp³-hybridized carbons (Fsp3) is 0.667. The van der Waals surface area contributed by atoms with Crippen molar-refractivity contribution >= 4 is 17.8 Å². The molecule has 29 heavy (non-hydrogen) atoms. The molecule has 1 N–H and O–H groups in total. The van der Waals surface area contributed by atoms with E-state index in [0.29, 0.717) is 13.0 Å². The van der Waals surface area contributed by atoms with E-state index >= 15 is 0 Å². The van der Waals surface area contributed by atoms with Gasteiger partial charge in [0.05, 0.1) is 25.2 Å². The molecule has 0 aromatic heterocycles. The summed E-state index contributed by atoms with van der Waals surface area (Å²) in [5, 5.41) is 9.56. The van der Waals surface area contributed by atoms with Crippen molar-refractivity contribution in [2.75, 3.05) is 26.3 Å². The number of hydrogen-bond donors (Lipinski definition) is 1. The third kappa shape index (κ3) is 2.92. The van der Waals surface area contributed by atoms with E-state index in [4.69, 9.17) is 9.47 Å². The van der Waals surface area contributed by atoms with Crippen molar-refractivity contribution in [3.63, 3.8) is 0 Å². The molecule has 0 radical (unpaired) electrons. The van der Waals surface area contributed by atoms with Crippen molar-refractivity contribution in [3.8, 4) is 0 Å². The van der Waals surface area contributed by atoms with Crippen LogP contribution in [-0.2, 0) is 23.9 Å². The molecule has 0 aliphatic carbocycles. The van der Waals surface area contributed by atoms with Gasteiger partial charge in [-0.15, -0.1) is 0 Å². The number of aliphatic hydroxyl groups excluding tert-OH is 1. The lowest BCUT2D eigenvalue weighted by Crippen LogP contribution is -2.58. The van der Waals surface area contributed by atoms with Crippen molar-refractivity contribution < 1.29 is 29.0 Å². The number of rotatable bonds is 2. The average Bonchev–Trinajstić information content (AvgIpc) is 2.99. The van der Waals surface area contributed by atoms with E-state index < -0.39 is 41.1 Å². The smallest absolute Gasteiger partial charge is 0.312 e. The summed E-state index contributed by atoms with van der Waals surface area (Å²) < 4.78 is 11.7. The zero-order valence-electron chi connectivity index (χ0n) is 17.0. The lowest BCUT2D eigenvalue weighted by atomic mass is 9.77. The summed E-state index contributed by atoms with van der Waals surface area (Å²) in [6.45, 7) is 6.17. The highest BCUT2D eigenvalue weighted by atomic mass is 16.6. The highest BCUT2D eigenvalue weighted by molar-refractivity contribution is 5.99. The number of likely N-dealkylation sites (tertiary alicyclic amines) is 1. The Hall–Kier alpha value is -2.19. The first-order valence-corrected chi connectivity index (χ1v) is 10.1. The van der Waals surface area contributed by atoms with Crippen LogP contribution in [0.3, 0.4) is 0 Å². The van der Waals surface area contributed by atoms with Crippen LogP contribution in [0.1, 0.15) is 27.2 Å². The number of cyclic esters (lactones) is 1. The fourth-order valence-electron chi connectivity index (χ4n) is 5.06. The van der Waals surface area contributed by atoms with Gasteiger partial charge in [0.2, 0.25) is 11.8 Å². The lowest BCUT2D eigenvalue weighted by Gasteiger charge is -2.40. The van der Waals surface area contributed by atoms with Crippen LogP contribution in [0.5, 0.6) is 0 Å². The van der Waals surface area contributed by atoms with Gasteiger partial charge >= 0.3 is 5.97 Å². The number of aliphatic hydroxyl groups is 1. The zero-order valence-corrected chi connectivity index (χ0v) is 17.0. The van der Waals surface area contributed by atoms with Crippen LogP contribution >= 0.6 is 0 Å². The summed E-state index contributed by atoms with van der Waals surface area (Å²) >= 11 is 0. The number of amides is 2. The van der Waals surface area contributed by atoms with Gasteiger partial charge in [-0.05, 0) is 27.2 Å². The molecule has 8 heteroatoms. The highest BCUT2D eigenvalue weighted by Gasteiger charge is 2.71. The van der Waals surface area contributed by atoms with Gasteiger partial charge in [-0.1, -0.05) is 24.3 Å². The summed E-state index contributed by atoms with van der Waals surface area (Å²) in [7, 11) is 0. The normalized spacial score (nSPS) is 36.9. The topological polar surface area (TPSA) is 96.4 Å². The van der Waals surface area contributed by atoms with E-state index in [-0.39, 0.29) is 31.6 Å². The van der Waals surface area contributed by atoms with Crippen LogP contribution in [0.25, 0.3) is 0 Å². The molecule has 0 bridgehead atoms. The van der Waals surface area contributed by atoms with Gasteiger partial charge in [0.25, 0.3) is 0 Å². The number of fused-ring (bicyclic) bond motifs is 2. The largest absolute Gasteiger partial charge is 0.465 e. The van der Waals surface area contributed by atoms with Gasteiger partial charge in [0.15, 0.2) is 0 Å². The molecule has 0 aromatic carbocycles. The third-order valence-electron chi connectivity index (χ3n) is 6.27. The highest BCUT2D eigenvalue weighted by Crippen LogP contribution is 2.53. The van der Waals surface area contributed by atoms with E-state index in [2.05, 4.69) is 0 Å². The maximum atomic E-state index is 13.7. The maximum Gasteiger partial charge on any atom is 0.312 e. The molecule has 4 aliphatic rings. The Labute approximate surface area is 170 Å². The number of β-amino-alcohol motifs (C(OH)–C–C–N with tert-alkyl or cyclic N) is 1. The van der Waals surface area contributed by atoms with Gasteiger partial charge < -0.3 is 24.4 Å². The summed E-state index contributed by atoms with van der Waals surface area (Å²) in [6, 6.07) is -0.931. The number of esters is 1. The molecule has 0 saturated carbocycles. The molecule has 2 fully saturated rings. The molecule has 8 nitrogen and oxygen atoms in total. The quantitative estimate of drug-likeness (QED) is 0.524. The van der Waals surface area contributed by atoms with E-state index in [1.54, 1.807) is 11.0 Å². The van der Waals surface area contributed by atoms with E-state index in [0.717, 1.165) is 0 Å². The van der Waals surface area contributed by atoms with E-state index in [1.807, 2.05) is 39.0 Å². The Morgan fingerprint density at radius 3 is 2.66 bits per heavy atom. The molecule has 2 amide bonds. The monoisotopic (exact) mass is 404 g/mol. The second kappa shape index (κ2) is 6.95. The average molecular weight is 404 g/mol.